The van der Waals surface area contributed by atoms with Gasteiger partial charge in [-0.25, -0.2) is 0 Å². The zero-order valence-corrected chi connectivity index (χ0v) is 8.79. The lowest BCUT2D eigenvalue weighted by Gasteiger charge is -2.21. The molecule has 0 saturated heterocycles. The van der Waals surface area contributed by atoms with E-state index in [4.69, 9.17) is 0 Å². The number of hydrogen-bond donors (Lipinski definition) is 1. The molecule has 0 saturated carbocycles. The Morgan fingerprint density at radius 1 is 1.53 bits per heavy atom. The fourth-order valence-corrected chi connectivity index (χ4v) is 2.93. The van der Waals surface area contributed by atoms with Crippen molar-refractivity contribution in [2.75, 3.05) is 0 Å². The molecule has 1 aromatic rings. The third-order valence-corrected chi connectivity index (χ3v) is 3.64. The van der Waals surface area contributed by atoms with Crippen LogP contribution in [0.2, 0.25) is 0 Å². The molecule has 1 heterocycles. The lowest BCUT2D eigenvalue weighted by atomic mass is 10.0. The van der Waals surface area contributed by atoms with Crippen molar-refractivity contribution in [2.24, 2.45) is 0 Å². The number of phenolic OH excluding ortho intramolecular Hbond substituents is 1. The number of carbonyl (C=O) groups excluding carboxylic acids is 2. The van der Waals surface area contributed by atoms with E-state index in [0.717, 1.165) is 11.2 Å². The van der Waals surface area contributed by atoms with Crippen LogP contribution in [0, 0.1) is 0 Å². The van der Waals surface area contributed by atoms with Gasteiger partial charge in [0.05, 0.1) is 5.56 Å². The first-order valence-electron chi connectivity index (χ1n) is 4.68. The molecule has 1 atom stereocenters. The Hall–Kier alpha value is -1.29. The number of phenols is 1. The van der Waals surface area contributed by atoms with Gasteiger partial charge in [-0.15, -0.1) is 11.8 Å². The van der Waals surface area contributed by atoms with Gasteiger partial charge in [0.25, 0.3) is 0 Å². The van der Waals surface area contributed by atoms with Crippen LogP contribution in [0.15, 0.2) is 23.1 Å². The normalized spacial score (nSPS) is 19.7. The number of carbonyl (C=O) groups is 2. The standard InChI is InChI=1S/C11H10O3S/c12-5-4-7-6-9(14)11-8(13)2-1-3-10(11)15-7/h1-3,5,7,13H,4,6H2/t7-/m0/s1. The minimum atomic E-state index is -0.0753. The quantitative estimate of drug-likeness (QED) is 0.778. The first kappa shape index (κ1) is 10.2. The number of hydrogen-bond acceptors (Lipinski definition) is 4. The molecule has 0 bridgehead atoms. The number of aromatic hydroxyl groups is 1. The Kier molecular flexibility index (Phi) is 2.77. The van der Waals surface area contributed by atoms with Crippen molar-refractivity contribution in [3.05, 3.63) is 23.8 Å². The van der Waals surface area contributed by atoms with Crippen LogP contribution in [-0.2, 0) is 4.79 Å². The van der Waals surface area contributed by atoms with E-state index in [1.165, 1.54) is 17.8 Å². The summed E-state index contributed by atoms with van der Waals surface area (Å²) in [5, 5.41) is 9.56. The van der Waals surface area contributed by atoms with E-state index < -0.39 is 0 Å². The number of fused-ring (bicyclic) bond motifs is 1. The Morgan fingerprint density at radius 2 is 2.33 bits per heavy atom. The van der Waals surface area contributed by atoms with E-state index >= 15 is 0 Å². The van der Waals surface area contributed by atoms with Crippen LogP contribution in [0.25, 0.3) is 0 Å². The number of aldehydes is 1. The molecule has 4 heteroatoms. The summed E-state index contributed by atoms with van der Waals surface area (Å²) in [7, 11) is 0. The minimum Gasteiger partial charge on any atom is -0.507 e. The molecule has 3 nitrogen and oxygen atoms in total. The van der Waals surface area contributed by atoms with Gasteiger partial charge < -0.3 is 9.90 Å². The van der Waals surface area contributed by atoms with Gasteiger partial charge in [0.2, 0.25) is 0 Å². The van der Waals surface area contributed by atoms with Crippen LogP contribution in [-0.4, -0.2) is 22.4 Å². The monoisotopic (exact) mass is 222 g/mol. The molecule has 0 spiro atoms. The van der Waals surface area contributed by atoms with Crippen molar-refractivity contribution in [2.45, 2.75) is 23.0 Å². The predicted octanol–water partition coefficient (Wildman–Crippen LogP) is 2.03. The van der Waals surface area contributed by atoms with Crippen molar-refractivity contribution < 1.29 is 14.7 Å². The first-order chi connectivity index (χ1) is 7.22. The molecule has 0 aromatic heterocycles. The van der Waals surface area contributed by atoms with Gasteiger partial charge in [-0.3, -0.25) is 4.79 Å². The van der Waals surface area contributed by atoms with Gasteiger partial charge in [0, 0.05) is 23.0 Å². The summed E-state index contributed by atoms with van der Waals surface area (Å²) < 4.78 is 0. The average Bonchev–Trinajstić information content (AvgIpc) is 2.17. The molecule has 0 aliphatic carbocycles. The third-order valence-electron chi connectivity index (χ3n) is 2.35. The van der Waals surface area contributed by atoms with Crippen LogP contribution in [0.5, 0.6) is 5.75 Å². The molecular formula is C11H10O3S. The van der Waals surface area contributed by atoms with Gasteiger partial charge in [0.1, 0.15) is 12.0 Å². The summed E-state index contributed by atoms with van der Waals surface area (Å²) in [6.45, 7) is 0. The number of benzene rings is 1. The van der Waals surface area contributed by atoms with E-state index in [9.17, 15) is 14.7 Å². The molecule has 1 N–H and O–H groups in total. The summed E-state index contributed by atoms with van der Waals surface area (Å²) >= 11 is 1.49. The molecule has 2 rings (SSSR count). The summed E-state index contributed by atoms with van der Waals surface area (Å²) in [6.07, 6.45) is 1.54. The largest absolute Gasteiger partial charge is 0.507 e. The van der Waals surface area contributed by atoms with Crippen molar-refractivity contribution in [3.8, 4) is 5.75 Å². The van der Waals surface area contributed by atoms with Crippen molar-refractivity contribution >= 4 is 23.8 Å². The molecule has 15 heavy (non-hydrogen) atoms. The first-order valence-corrected chi connectivity index (χ1v) is 5.56. The molecule has 0 amide bonds. The van der Waals surface area contributed by atoms with Gasteiger partial charge in [0.15, 0.2) is 5.78 Å². The highest BCUT2D eigenvalue weighted by Crippen LogP contribution is 2.39. The zero-order valence-electron chi connectivity index (χ0n) is 7.97. The molecule has 78 valence electrons. The fourth-order valence-electron chi connectivity index (χ4n) is 1.67. The van der Waals surface area contributed by atoms with E-state index in [-0.39, 0.29) is 16.8 Å². The topological polar surface area (TPSA) is 54.4 Å². The Morgan fingerprint density at radius 3 is 3.07 bits per heavy atom. The molecule has 0 fully saturated rings. The van der Waals surface area contributed by atoms with Gasteiger partial charge >= 0.3 is 0 Å². The lowest BCUT2D eigenvalue weighted by molar-refractivity contribution is -0.107. The highest BCUT2D eigenvalue weighted by molar-refractivity contribution is 8.00. The second kappa shape index (κ2) is 4.06. The summed E-state index contributed by atoms with van der Waals surface area (Å²) in [6, 6.07) is 5.02. The maximum atomic E-state index is 11.7. The lowest BCUT2D eigenvalue weighted by Crippen LogP contribution is -2.17. The second-order valence-electron chi connectivity index (χ2n) is 3.42. The average molecular weight is 222 g/mol. The number of thioether (sulfide) groups is 1. The summed E-state index contributed by atoms with van der Waals surface area (Å²) in [5.74, 6) is -0.0387. The number of ketones is 1. The summed E-state index contributed by atoms with van der Waals surface area (Å²) in [5.41, 5.74) is 0.407. The van der Waals surface area contributed by atoms with Crippen LogP contribution >= 0.6 is 11.8 Å². The van der Waals surface area contributed by atoms with Crippen LogP contribution in [0.4, 0.5) is 0 Å². The number of Topliss-reactive ketones (excluding diaryl/α,β-unsaturated/α-hetero) is 1. The van der Waals surface area contributed by atoms with E-state index in [1.54, 1.807) is 12.1 Å². The molecule has 1 aliphatic rings. The zero-order chi connectivity index (χ0) is 10.8. The van der Waals surface area contributed by atoms with E-state index in [2.05, 4.69) is 0 Å². The maximum Gasteiger partial charge on any atom is 0.168 e. The van der Waals surface area contributed by atoms with Crippen molar-refractivity contribution in [1.82, 2.24) is 0 Å². The summed E-state index contributed by atoms with van der Waals surface area (Å²) in [4.78, 5) is 22.9. The third kappa shape index (κ3) is 1.90. The van der Waals surface area contributed by atoms with Crippen LogP contribution in [0.1, 0.15) is 23.2 Å². The Labute approximate surface area is 91.5 Å². The minimum absolute atomic E-state index is 0.0179. The highest BCUT2D eigenvalue weighted by Gasteiger charge is 2.27. The highest BCUT2D eigenvalue weighted by atomic mass is 32.2. The maximum absolute atomic E-state index is 11.7. The predicted molar refractivity (Wildman–Crippen MR) is 57.4 cm³/mol. The van der Waals surface area contributed by atoms with Gasteiger partial charge in [-0.2, -0.15) is 0 Å². The fraction of sp³-hybridized carbons (Fsp3) is 0.273. The van der Waals surface area contributed by atoms with Crippen molar-refractivity contribution in [3.63, 3.8) is 0 Å². The number of rotatable bonds is 2. The SMILES string of the molecule is O=CC[C@H]1CC(=O)c2c(O)cccc2S1. The molecular weight excluding hydrogens is 212 g/mol. The van der Waals surface area contributed by atoms with Gasteiger partial charge in [-0.05, 0) is 12.1 Å². The van der Waals surface area contributed by atoms with Crippen molar-refractivity contribution in [1.29, 1.82) is 0 Å². The van der Waals surface area contributed by atoms with E-state index in [0.29, 0.717) is 18.4 Å². The Bertz CT molecular complexity index is 414. The van der Waals surface area contributed by atoms with Crippen LogP contribution < -0.4 is 0 Å². The van der Waals surface area contributed by atoms with Crippen LogP contribution in [0.3, 0.4) is 0 Å². The Balaban J connectivity index is 2.36. The van der Waals surface area contributed by atoms with Gasteiger partial charge in [-0.1, -0.05) is 6.07 Å². The molecule has 0 unspecified atom stereocenters. The van der Waals surface area contributed by atoms with E-state index in [1.807, 2.05) is 0 Å². The smallest absolute Gasteiger partial charge is 0.168 e. The second-order valence-corrected chi connectivity index (χ2v) is 4.76. The molecule has 1 aliphatic heterocycles. The molecule has 1 aromatic carbocycles. The molecule has 0 radical (unpaired) electrons.